The van der Waals surface area contributed by atoms with Crippen molar-refractivity contribution in [2.24, 2.45) is 0 Å². The summed E-state index contributed by atoms with van der Waals surface area (Å²) in [4.78, 5) is 0. The molecule has 2 rings (SSSR count). The average Bonchev–Trinajstić information content (AvgIpc) is 2.80. The smallest absolute Gasteiger partial charge is 0.134 e. The van der Waals surface area contributed by atoms with Gasteiger partial charge in [-0.2, -0.15) is 0 Å². The third-order valence-corrected chi connectivity index (χ3v) is 8.87. The largest absolute Gasteiger partial charge is 0.492 e. The van der Waals surface area contributed by atoms with Gasteiger partial charge in [-0.25, -0.2) is 0 Å². The Bertz CT molecular complexity index is 802. The Kier molecular flexibility index (Phi) is 16.1. The fraction of sp³-hybridized carbons (Fsp3) is 0.571. The number of hydrogen-bond acceptors (Lipinski definition) is 2. The van der Waals surface area contributed by atoms with Crippen LogP contribution in [0.3, 0.4) is 0 Å². The van der Waals surface area contributed by atoms with Gasteiger partial charge in [0.15, 0.2) is 0 Å². The highest BCUT2D eigenvalue weighted by Gasteiger charge is 2.15. The number of benzene rings is 2. The highest BCUT2D eigenvalue weighted by molar-refractivity contribution is 14.1. The molecule has 0 aliphatic heterocycles. The maximum Gasteiger partial charge on any atom is 0.134 e. The zero-order valence-electron chi connectivity index (χ0n) is 20.5. The molecule has 0 fully saturated rings. The predicted octanol–water partition coefficient (Wildman–Crippen LogP) is 11.6. The van der Waals surface area contributed by atoms with E-state index < -0.39 is 0 Å². The number of ether oxygens (including phenoxy) is 2. The minimum Gasteiger partial charge on any atom is -0.492 e. The molecule has 0 N–H and O–H groups in total. The van der Waals surface area contributed by atoms with E-state index in [4.69, 9.17) is 9.47 Å². The molecule has 0 heterocycles. The van der Waals surface area contributed by atoms with Gasteiger partial charge in [0, 0.05) is 7.14 Å². The minimum absolute atomic E-state index is 0.759. The summed E-state index contributed by atoms with van der Waals surface area (Å²) in [6, 6.07) is 8.65. The highest BCUT2D eigenvalue weighted by atomic mass is 127. The summed E-state index contributed by atoms with van der Waals surface area (Å²) in [5.74, 6) is 1.83. The number of halogens is 4. The van der Waals surface area contributed by atoms with E-state index in [0.29, 0.717) is 0 Å². The molecule has 0 aromatic heterocycles. The van der Waals surface area contributed by atoms with Crippen molar-refractivity contribution in [2.45, 2.75) is 90.9 Å². The molecule has 0 amide bonds. The second-order valence-electron chi connectivity index (χ2n) is 8.76. The SMILES string of the molecule is CCCCCCCCOc1cc(-c2cc(OCCCCCCCC)c(Br)cc2I)c(I)cc1Br. The number of rotatable bonds is 17. The van der Waals surface area contributed by atoms with Gasteiger partial charge in [0.2, 0.25) is 0 Å². The van der Waals surface area contributed by atoms with E-state index in [1.54, 1.807) is 0 Å². The summed E-state index contributed by atoms with van der Waals surface area (Å²) < 4.78 is 16.8. The molecule has 0 radical (unpaired) electrons. The Morgan fingerprint density at radius 3 is 1.29 bits per heavy atom. The van der Waals surface area contributed by atoms with Crippen molar-refractivity contribution in [3.8, 4) is 22.6 Å². The fourth-order valence-corrected chi connectivity index (χ4v) is 7.11. The van der Waals surface area contributed by atoms with Crippen LogP contribution < -0.4 is 9.47 Å². The van der Waals surface area contributed by atoms with E-state index in [1.165, 1.54) is 82.5 Å². The minimum atomic E-state index is 0.759. The van der Waals surface area contributed by atoms with Crippen LogP contribution in [0.5, 0.6) is 11.5 Å². The van der Waals surface area contributed by atoms with Crippen molar-refractivity contribution in [3.63, 3.8) is 0 Å². The van der Waals surface area contributed by atoms with Gasteiger partial charge in [-0.15, -0.1) is 0 Å². The van der Waals surface area contributed by atoms with Gasteiger partial charge in [-0.1, -0.05) is 78.1 Å². The van der Waals surface area contributed by atoms with Crippen LogP contribution in [0.25, 0.3) is 11.1 Å². The molecule has 0 aliphatic carbocycles. The monoisotopic (exact) mass is 818 g/mol. The summed E-state index contributed by atoms with van der Waals surface area (Å²) >= 11 is 12.2. The van der Waals surface area contributed by atoms with Crippen molar-refractivity contribution < 1.29 is 9.47 Å². The highest BCUT2D eigenvalue weighted by Crippen LogP contribution is 2.40. The molecule has 0 spiro atoms. The molecule has 2 aromatic rings. The lowest BCUT2D eigenvalue weighted by atomic mass is 10.1. The average molecular weight is 820 g/mol. The summed E-state index contributed by atoms with van der Waals surface area (Å²) in [7, 11) is 0. The summed E-state index contributed by atoms with van der Waals surface area (Å²) in [5.41, 5.74) is 2.37. The summed E-state index contributed by atoms with van der Waals surface area (Å²) in [6.45, 7) is 6.03. The van der Waals surface area contributed by atoms with Crippen molar-refractivity contribution in [1.82, 2.24) is 0 Å². The second kappa shape index (κ2) is 17.8. The van der Waals surface area contributed by atoms with Gasteiger partial charge in [-0.3, -0.25) is 0 Å². The molecule has 0 unspecified atom stereocenters. The molecule has 6 heteroatoms. The van der Waals surface area contributed by atoms with Crippen LogP contribution in [0.4, 0.5) is 0 Å². The van der Waals surface area contributed by atoms with Crippen LogP contribution in [-0.4, -0.2) is 13.2 Å². The first kappa shape index (κ1) is 30.7. The maximum atomic E-state index is 6.18. The van der Waals surface area contributed by atoms with Gasteiger partial charge in [0.05, 0.1) is 22.2 Å². The van der Waals surface area contributed by atoms with Gasteiger partial charge >= 0.3 is 0 Å². The number of hydrogen-bond donors (Lipinski definition) is 0. The van der Waals surface area contributed by atoms with E-state index in [-0.39, 0.29) is 0 Å². The van der Waals surface area contributed by atoms with E-state index in [2.05, 4.69) is 115 Å². The van der Waals surface area contributed by atoms with Crippen LogP contribution in [0.15, 0.2) is 33.2 Å². The first-order valence-electron chi connectivity index (χ1n) is 12.7. The van der Waals surface area contributed by atoms with Crippen molar-refractivity contribution in [1.29, 1.82) is 0 Å². The standard InChI is InChI=1S/C28H38Br2I2O2/c1-3-5-7-9-11-13-15-33-27-17-21(25(31)19-23(27)29)22-18-28(24(30)20-26(22)32)34-16-14-12-10-8-6-4-2/h17-20H,3-16H2,1-2H3. The summed E-state index contributed by atoms with van der Waals surface area (Å²) in [5, 5.41) is 0. The van der Waals surface area contributed by atoms with E-state index in [9.17, 15) is 0 Å². The summed E-state index contributed by atoms with van der Waals surface area (Å²) in [6.07, 6.45) is 15.2. The van der Waals surface area contributed by atoms with E-state index in [1.807, 2.05) is 0 Å². The van der Waals surface area contributed by atoms with Crippen LogP contribution in [0, 0.1) is 7.14 Å². The zero-order chi connectivity index (χ0) is 24.8. The normalized spacial score (nSPS) is 11.1. The molecule has 0 saturated heterocycles. The van der Waals surface area contributed by atoms with Gasteiger partial charge < -0.3 is 9.47 Å². The van der Waals surface area contributed by atoms with E-state index in [0.717, 1.165) is 46.5 Å². The van der Waals surface area contributed by atoms with Crippen molar-refractivity contribution in [3.05, 3.63) is 40.4 Å². The van der Waals surface area contributed by atoms with Crippen LogP contribution in [0.1, 0.15) is 90.9 Å². The number of unbranched alkanes of at least 4 members (excludes halogenated alkanes) is 10. The predicted molar refractivity (Wildman–Crippen MR) is 170 cm³/mol. The molecule has 34 heavy (non-hydrogen) atoms. The second-order valence-corrected chi connectivity index (χ2v) is 12.8. The molecule has 0 saturated carbocycles. The lowest BCUT2D eigenvalue weighted by Crippen LogP contribution is -2.01. The van der Waals surface area contributed by atoms with Gasteiger partial charge in [0.25, 0.3) is 0 Å². The quantitative estimate of drug-likeness (QED) is 0.117. The molecular weight excluding hydrogens is 782 g/mol. The first-order chi connectivity index (χ1) is 16.5. The Balaban J connectivity index is 2.04. The molecule has 0 aliphatic rings. The molecule has 0 bridgehead atoms. The maximum absolute atomic E-state index is 6.18. The molecule has 2 nitrogen and oxygen atoms in total. The van der Waals surface area contributed by atoms with Gasteiger partial charge in [-0.05, 0) is 125 Å². The van der Waals surface area contributed by atoms with E-state index >= 15 is 0 Å². The first-order valence-corrected chi connectivity index (χ1v) is 16.5. The molecular formula is C28H38Br2I2O2. The van der Waals surface area contributed by atoms with Crippen molar-refractivity contribution >= 4 is 77.0 Å². The van der Waals surface area contributed by atoms with Crippen molar-refractivity contribution in [2.75, 3.05) is 13.2 Å². The van der Waals surface area contributed by atoms with Crippen LogP contribution in [-0.2, 0) is 0 Å². The van der Waals surface area contributed by atoms with Gasteiger partial charge in [0.1, 0.15) is 11.5 Å². The Labute approximate surface area is 251 Å². The lowest BCUT2D eigenvalue weighted by molar-refractivity contribution is 0.302. The Morgan fingerprint density at radius 1 is 0.559 bits per heavy atom. The van der Waals surface area contributed by atoms with Crippen LogP contribution in [0.2, 0.25) is 0 Å². The Morgan fingerprint density at radius 2 is 0.912 bits per heavy atom. The van der Waals surface area contributed by atoms with Crippen LogP contribution >= 0.6 is 77.0 Å². The third-order valence-electron chi connectivity index (χ3n) is 5.84. The lowest BCUT2D eigenvalue weighted by Gasteiger charge is -2.16. The third kappa shape index (κ3) is 10.8. The molecule has 0 atom stereocenters. The topological polar surface area (TPSA) is 18.5 Å². The zero-order valence-corrected chi connectivity index (χ0v) is 28.0. The molecule has 190 valence electrons. The molecule has 2 aromatic carbocycles. The Hall–Kier alpha value is 0.460. The fourth-order valence-electron chi connectivity index (χ4n) is 3.82.